The molecule has 1 aromatic heterocycles. The normalized spacial score (nSPS) is 18.1. The van der Waals surface area contributed by atoms with E-state index in [0.29, 0.717) is 11.3 Å². The molecule has 0 saturated carbocycles. The molecule has 12 nitrogen and oxygen atoms in total. The predicted molar refractivity (Wildman–Crippen MR) is 126 cm³/mol. The molecule has 2 aromatic rings. The van der Waals surface area contributed by atoms with Crippen molar-refractivity contribution in [2.75, 3.05) is 6.54 Å². The van der Waals surface area contributed by atoms with Crippen LogP contribution in [0.15, 0.2) is 42.6 Å². The highest BCUT2D eigenvalue weighted by molar-refractivity contribution is 5.86. The van der Waals surface area contributed by atoms with Crippen LogP contribution in [0.1, 0.15) is 32.8 Å². The van der Waals surface area contributed by atoms with Crippen LogP contribution < -0.4 is 10.1 Å². The molecule has 1 aliphatic rings. The van der Waals surface area contributed by atoms with Gasteiger partial charge in [0.25, 0.3) is 5.69 Å². The number of hydrogen-bond acceptors (Lipinski definition) is 9. The molecular weight excluding hydrogens is 470 g/mol. The fraction of sp³-hybridized carbons (Fsp3) is 0.417. The molecule has 0 bridgehead atoms. The van der Waals surface area contributed by atoms with Gasteiger partial charge in [-0.1, -0.05) is 12.1 Å². The van der Waals surface area contributed by atoms with E-state index in [1.165, 1.54) is 17.0 Å². The van der Waals surface area contributed by atoms with Crippen molar-refractivity contribution >= 4 is 17.7 Å². The van der Waals surface area contributed by atoms with Crippen LogP contribution in [0.5, 0.6) is 11.6 Å². The number of nitriles is 1. The van der Waals surface area contributed by atoms with E-state index in [1.54, 1.807) is 45.0 Å². The minimum Gasteiger partial charge on any atom is -0.444 e. The Morgan fingerprint density at radius 3 is 2.56 bits per heavy atom. The van der Waals surface area contributed by atoms with Gasteiger partial charge in [0.1, 0.15) is 29.6 Å². The molecule has 0 unspecified atom stereocenters. The van der Waals surface area contributed by atoms with Gasteiger partial charge in [0, 0.05) is 31.5 Å². The number of carbonyl (C=O) groups is 2. The van der Waals surface area contributed by atoms with Crippen LogP contribution in [0.2, 0.25) is 0 Å². The van der Waals surface area contributed by atoms with Gasteiger partial charge in [-0.15, -0.1) is 0 Å². The molecule has 0 spiro atoms. The number of ether oxygens (including phenoxy) is 2. The SMILES string of the molecule is CC(C)(C)OC(=O)N[C@@H](Cc1ccc(Oc2ccc([N+](=O)[O-])cn2)cc1)C(=O)N1C[C@H](O)C[C@H]1C#N. The maximum Gasteiger partial charge on any atom is 0.408 e. The van der Waals surface area contributed by atoms with Crippen molar-refractivity contribution in [1.82, 2.24) is 15.2 Å². The molecule has 190 valence electrons. The number of rotatable bonds is 7. The molecular formula is C24H27N5O7. The van der Waals surface area contributed by atoms with E-state index in [1.807, 2.05) is 6.07 Å². The number of aliphatic hydroxyl groups is 1. The standard InChI is InChI=1S/C24H27N5O7/c1-24(2,3)36-23(32)27-20(22(31)28-14-18(30)11-17(28)12-25)10-15-4-7-19(8-5-15)35-21-9-6-16(13-26-21)29(33)34/h4-9,13,17-18,20,30H,10-11,14H2,1-3H3,(H,27,32)/t17-,18+,20-/m0/s1. The van der Waals surface area contributed by atoms with Gasteiger partial charge in [-0.25, -0.2) is 9.78 Å². The van der Waals surface area contributed by atoms with Crippen molar-refractivity contribution in [2.45, 2.75) is 57.4 Å². The van der Waals surface area contributed by atoms with Crippen LogP contribution in [-0.4, -0.2) is 62.2 Å². The van der Waals surface area contributed by atoms with E-state index < -0.39 is 40.7 Å². The third-order valence-corrected chi connectivity index (χ3v) is 5.22. The second-order valence-electron chi connectivity index (χ2n) is 9.29. The van der Waals surface area contributed by atoms with Crippen molar-refractivity contribution in [2.24, 2.45) is 0 Å². The Morgan fingerprint density at radius 1 is 1.31 bits per heavy atom. The van der Waals surface area contributed by atoms with Gasteiger partial charge in [0.15, 0.2) is 0 Å². The van der Waals surface area contributed by atoms with Crippen LogP contribution in [0.3, 0.4) is 0 Å². The molecule has 3 rings (SSSR count). The highest BCUT2D eigenvalue weighted by Crippen LogP contribution is 2.23. The number of pyridine rings is 1. The summed E-state index contributed by atoms with van der Waals surface area (Å²) in [6.45, 7) is 5.10. The maximum atomic E-state index is 13.3. The van der Waals surface area contributed by atoms with Gasteiger partial charge in [-0.05, 0) is 38.5 Å². The average molecular weight is 498 g/mol. The lowest BCUT2D eigenvalue weighted by Gasteiger charge is -2.27. The summed E-state index contributed by atoms with van der Waals surface area (Å²) in [7, 11) is 0. The van der Waals surface area contributed by atoms with Crippen molar-refractivity contribution in [1.29, 1.82) is 5.26 Å². The summed E-state index contributed by atoms with van der Waals surface area (Å²) in [5.41, 5.74) is -0.251. The Balaban J connectivity index is 1.74. The molecule has 1 saturated heterocycles. The lowest BCUT2D eigenvalue weighted by molar-refractivity contribution is -0.385. The largest absolute Gasteiger partial charge is 0.444 e. The van der Waals surface area contributed by atoms with E-state index in [0.717, 1.165) is 6.20 Å². The van der Waals surface area contributed by atoms with Crippen LogP contribution in [0.4, 0.5) is 10.5 Å². The van der Waals surface area contributed by atoms with Crippen molar-refractivity contribution in [3.8, 4) is 17.7 Å². The number of aliphatic hydroxyl groups excluding tert-OH is 1. The minimum atomic E-state index is -1.04. The quantitative estimate of drug-likeness (QED) is 0.431. The second kappa shape index (κ2) is 11.0. The second-order valence-corrected chi connectivity index (χ2v) is 9.29. The molecule has 1 aromatic carbocycles. The molecule has 3 atom stereocenters. The first-order chi connectivity index (χ1) is 16.9. The Morgan fingerprint density at radius 2 is 2.00 bits per heavy atom. The van der Waals surface area contributed by atoms with E-state index in [9.17, 15) is 30.1 Å². The number of hydrogen-bond donors (Lipinski definition) is 2. The van der Waals surface area contributed by atoms with E-state index in [2.05, 4.69) is 10.3 Å². The monoisotopic (exact) mass is 497 g/mol. The van der Waals surface area contributed by atoms with Gasteiger partial charge in [0.2, 0.25) is 11.8 Å². The third-order valence-electron chi connectivity index (χ3n) is 5.22. The number of amides is 2. The zero-order chi connectivity index (χ0) is 26.5. The first kappa shape index (κ1) is 26.4. The highest BCUT2D eigenvalue weighted by Gasteiger charge is 2.38. The summed E-state index contributed by atoms with van der Waals surface area (Å²) in [4.78, 5) is 41.0. The third kappa shape index (κ3) is 7.13. The van der Waals surface area contributed by atoms with Crippen molar-refractivity contribution in [3.63, 3.8) is 0 Å². The van der Waals surface area contributed by atoms with Crippen LogP contribution in [0, 0.1) is 21.4 Å². The highest BCUT2D eigenvalue weighted by atomic mass is 16.6. The summed E-state index contributed by atoms with van der Waals surface area (Å²) in [6.07, 6.45) is -0.266. The molecule has 2 N–H and O–H groups in total. The van der Waals surface area contributed by atoms with Gasteiger partial charge in [0.05, 0.1) is 17.1 Å². The van der Waals surface area contributed by atoms with E-state index >= 15 is 0 Å². The zero-order valence-electron chi connectivity index (χ0n) is 20.1. The Labute approximate surface area is 207 Å². The first-order valence-corrected chi connectivity index (χ1v) is 11.2. The molecule has 1 aliphatic heterocycles. The molecule has 0 aliphatic carbocycles. The van der Waals surface area contributed by atoms with Crippen LogP contribution >= 0.6 is 0 Å². The van der Waals surface area contributed by atoms with Gasteiger partial charge in [-0.3, -0.25) is 14.9 Å². The minimum absolute atomic E-state index is 0.00141. The summed E-state index contributed by atoms with van der Waals surface area (Å²) < 4.78 is 10.9. The Bertz CT molecular complexity index is 1140. The van der Waals surface area contributed by atoms with Crippen LogP contribution in [-0.2, 0) is 16.0 Å². The van der Waals surface area contributed by atoms with E-state index in [-0.39, 0.29) is 31.0 Å². The van der Waals surface area contributed by atoms with Gasteiger partial charge >= 0.3 is 6.09 Å². The molecule has 1 fully saturated rings. The molecule has 0 radical (unpaired) electrons. The topological polar surface area (TPSA) is 168 Å². The first-order valence-electron chi connectivity index (χ1n) is 11.2. The summed E-state index contributed by atoms with van der Waals surface area (Å²) >= 11 is 0. The van der Waals surface area contributed by atoms with Crippen LogP contribution in [0.25, 0.3) is 0 Å². The number of carbonyl (C=O) groups excluding carboxylic acids is 2. The number of nitrogens with one attached hydrogen (secondary N) is 1. The lowest BCUT2D eigenvalue weighted by atomic mass is 10.0. The fourth-order valence-corrected chi connectivity index (χ4v) is 3.62. The summed E-state index contributed by atoms with van der Waals surface area (Å²) in [5, 5.41) is 32.7. The molecule has 36 heavy (non-hydrogen) atoms. The summed E-state index contributed by atoms with van der Waals surface area (Å²) in [6, 6.07) is 9.49. The smallest absolute Gasteiger partial charge is 0.408 e. The van der Waals surface area contributed by atoms with Crippen molar-refractivity contribution < 1.29 is 29.1 Å². The molecule has 12 heteroatoms. The number of alkyl carbamates (subject to hydrolysis) is 1. The number of β-amino-alcohol motifs (C(OH)–C–C–N with tert-alkyl or cyclic N) is 1. The summed E-state index contributed by atoms with van der Waals surface area (Å²) in [5.74, 6) is 0.0813. The number of nitro groups is 1. The number of benzene rings is 1. The average Bonchev–Trinajstić information content (AvgIpc) is 3.19. The predicted octanol–water partition coefficient (Wildman–Crippen LogP) is 2.70. The number of likely N-dealkylation sites (tertiary alicyclic amines) is 1. The molecule has 2 amide bonds. The Hall–Kier alpha value is -4.24. The maximum absolute atomic E-state index is 13.3. The van der Waals surface area contributed by atoms with Crippen molar-refractivity contribution in [3.05, 3.63) is 58.3 Å². The number of aromatic nitrogens is 1. The lowest BCUT2D eigenvalue weighted by Crippen LogP contribution is -2.52. The van der Waals surface area contributed by atoms with E-state index in [4.69, 9.17) is 9.47 Å². The molecule has 2 heterocycles. The number of nitrogens with zero attached hydrogens (tertiary/aromatic N) is 4. The van der Waals surface area contributed by atoms with Gasteiger partial charge in [-0.2, -0.15) is 5.26 Å². The zero-order valence-corrected chi connectivity index (χ0v) is 20.1. The fourth-order valence-electron chi connectivity index (χ4n) is 3.62. The van der Waals surface area contributed by atoms with Gasteiger partial charge < -0.3 is 24.8 Å². The Kier molecular flexibility index (Phi) is 8.06.